The lowest BCUT2D eigenvalue weighted by Crippen LogP contribution is -2.35. The molecule has 2 atom stereocenters. The van der Waals surface area contributed by atoms with E-state index in [-0.39, 0.29) is 34.6 Å². The third-order valence-electron chi connectivity index (χ3n) is 6.87. The van der Waals surface area contributed by atoms with E-state index in [1.54, 1.807) is 23.4 Å². The highest BCUT2D eigenvalue weighted by atomic mass is 32.2. The summed E-state index contributed by atoms with van der Waals surface area (Å²) in [4.78, 5) is 24.4. The maximum atomic E-state index is 13.3. The standard InChI is InChI=1S/C26H31N3O4S/c1-3-25(30)28-22-14-20-16-29(17-21(20)15-22)34(32,33)23-9-10-24(18(2)13-23)26(31)27-12-11-19-7-5-4-6-8-19/h3-10,13,20-22H,1,11-12,14-17H2,2H3,(H,27,31)(H,28,30). The van der Waals surface area contributed by atoms with E-state index in [0.717, 1.165) is 24.8 Å². The summed E-state index contributed by atoms with van der Waals surface area (Å²) in [5.41, 5.74) is 2.25. The van der Waals surface area contributed by atoms with Crippen LogP contribution in [-0.4, -0.2) is 50.2 Å². The number of amides is 2. The van der Waals surface area contributed by atoms with E-state index in [0.29, 0.717) is 30.8 Å². The van der Waals surface area contributed by atoms with Crippen LogP contribution >= 0.6 is 0 Å². The zero-order chi connectivity index (χ0) is 24.3. The number of hydrogen-bond acceptors (Lipinski definition) is 4. The lowest BCUT2D eigenvalue weighted by molar-refractivity contribution is -0.117. The smallest absolute Gasteiger partial charge is 0.251 e. The number of nitrogens with one attached hydrogen (secondary N) is 2. The molecule has 2 aliphatic rings. The summed E-state index contributed by atoms with van der Waals surface area (Å²) >= 11 is 0. The van der Waals surface area contributed by atoms with E-state index in [9.17, 15) is 18.0 Å². The van der Waals surface area contributed by atoms with Crippen molar-refractivity contribution in [2.75, 3.05) is 19.6 Å². The van der Waals surface area contributed by atoms with Crippen LogP contribution in [0.2, 0.25) is 0 Å². The maximum absolute atomic E-state index is 13.3. The first kappa shape index (κ1) is 24.2. The second kappa shape index (κ2) is 10.1. The molecular weight excluding hydrogens is 450 g/mol. The van der Waals surface area contributed by atoms with Crippen LogP contribution in [0.15, 0.2) is 66.1 Å². The minimum absolute atomic E-state index is 0.0762. The molecule has 1 aliphatic carbocycles. The number of carbonyl (C=O) groups is 2. The first-order chi connectivity index (χ1) is 16.3. The van der Waals surface area contributed by atoms with Gasteiger partial charge in [0.2, 0.25) is 15.9 Å². The van der Waals surface area contributed by atoms with Crippen LogP contribution in [0.5, 0.6) is 0 Å². The Morgan fingerprint density at radius 2 is 1.76 bits per heavy atom. The number of aryl methyl sites for hydroxylation is 1. The Labute approximate surface area is 201 Å². The number of carbonyl (C=O) groups excluding carboxylic acids is 2. The molecule has 180 valence electrons. The third kappa shape index (κ3) is 5.23. The number of nitrogens with zero attached hydrogens (tertiary/aromatic N) is 1. The summed E-state index contributed by atoms with van der Waals surface area (Å²) in [5, 5.41) is 5.84. The van der Waals surface area contributed by atoms with E-state index in [2.05, 4.69) is 17.2 Å². The van der Waals surface area contributed by atoms with Crippen molar-refractivity contribution in [3.05, 3.63) is 77.9 Å². The molecule has 0 aromatic heterocycles. The minimum Gasteiger partial charge on any atom is -0.352 e. The first-order valence-corrected chi connectivity index (χ1v) is 13.1. The largest absolute Gasteiger partial charge is 0.352 e. The molecule has 0 spiro atoms. The Morgan fingerprint density at radius 1 is 1.09 bits per heavy atom. The molecule has 2 N–H and O–H groups in total. The summed E-state index contributed by atoms with van der Waals surface area (Å²) in [6, 6.07) is 14.7. The molecule has 0 radical (unpaired) electrons. The van der Waals surface area contributed by atoms with Crippen molar-refractivity contribution >= 4 is 21.8 Å². The summed E-state index contributed by atoms with van der Waals surface area (Å²) in [5.74, 6) is 0.0797. The quantitative estimate of drug-likeness (QED) is 0.567. The third-order valence-corrected chi connectivity index (χ3v) is 8.70. The van der Waals surface area contributed by atoms with Gasteiger partial charge in [-0.1, -0.05) is 36.9 Å². The van der Waals surface area contributed by atoms with Gasteiger partial charge in [0, 0.05) is 31.2 Å². The molecule has 2 fully saturated rings. The number of benzene rings is 2. The van der Waals surface area contributed by atoms with Crippen molar-refractivity contribution in [3.63, 3.8) is 0 Å². The van der Waals surface area contributed by atoms with E-state index in [1.165, 1.54) is 12.1 Å². The summed E-state index contributed by atoms with van der Waals surface area (Å²) < 4.78 is 28.1. The Kier molecular flexibility index (Phi) is 7.19. The van der Waals surface area contributed by atoms with Crippen LogP contribution < -0.4 is 10.6 Å². The van der Waals surface area contributed by atoms with Gasteiger partial charge in [-0.25, -0.2) is 8.42 Å². The summed E-state index contributed by atoms with van der Waals surface area (Å²) in [6.45, 7) is 6.65. The molecule has 1 aliphatic heterocycles. The Morgan fingerprint density at radius 3 is 2.38 bits per heavy atom. The van der Waals surface area contributed by atoms with E-state index in [4.69, 9.17) is 0 Å². The molecule has 1 heterocycles. The van der Waals surface area contributed by atoms with Crippen molar-refractivity contribution in [2.45, 2.75) is 37.1 Å². The average Bonchev–Trinajstić information content (AvgIpc) is 3.38. The minimum atomic E-state index is -3.65. The second-order valence-electron chi connectivity index (χ2n) is 9.19. The van der Waals surface area contributed by atoms with Crippen LogP contribution in [-0.2, 0) is 21.2 Å². The van der Waals surface area contributed by atoms with Gasteiger partial charge in [0.25, 0.3) is 5.91 Å². The van der Waals surface area contributed by atoms with Crippen LogP contribution in [0.1, 0.15) is 34.3 Å². The van der Waals surface area contributed by atoms with Gasteiger partial charge in [-0.2, -0.15) is 4.31 Å². The SMILES string of the molecule is C=CC(=O)NC1CC2CN(S(=O)(=O)c3ccc(C(=O)NCCc4ccccc4)c(C)c3)CC2C1. The van der Waals surface area contributed by atoms with Crippen molar-refractivity contribution in [3.8, 4) is 0 Å². The predicted molar refractivity (Wildman–Crippen MR) is 131 cm³/mol. The van der Waals surface area contributed by atoms with Crippen LogP contribution in [0.25, 0.3) is 0 Å². The first-order valence-electron chi connectivity index (χ1n) is 11.6. The highest BCUT2D eigenvalue weighted by Crippen LogP contribution is 2.40. The van der Waals surface area contributed by atoms with Gasteiger partial charge >= 0.3 is 0 Å². The molecule has 2 aromatic carbocycles. The highest BCUT2D eigenvalue weighted by Gasteiger charge is 2.45. The highest BCUT2D eigenvalue weighted by molar-refractivity contribution is 7.89. The zero-order valence-electron chi connectivity index (χ0n) is 19.4. The van der Waals surface area contributed by atoms with Gasteiger partial charge in [0.05, 0.1) is 4.90 Å². The molecule has 1 saturated carbocycles. The number of hydrogen-bond donors (Lipinski definition) is 2. The van der Waals surface area contributed by atoms with Gasteiger partial charge in [-0.05, 0) is 73.4 Å². The van der Waals surface area contributed by atoms with Gasteiger partial charge in [-0.15, -0.1) is 0 Å². The van der Waals surface area contributed by atoms with Gasteiger partial charge < -0.3 is 10.6 Å². The van der Waals surface area contributed by atoms with Crippen LogP contribution in [0.3, 0.4) is 0 Å². The molecule has 2 amide bonds. The zero-order valence-corrected chi connectivity index (χ0v) is 20.2. The number of rotatable bonds is 8. The molecular formula is C26H31N3O4S. The Hall–Kier alpha value is -2.97. The van der Waals surface area contributed by atoms with Crippen LogP contribution in [0.4, 0.5) is 0 Å². The van der Waals surface area contributed by atoms with E-state index < -0.39 is 10.0 Å². The van der Waals surface area contributed by atoms with Crippen molar-refractivity contribution in [1.29, 1.82) is 0 Å². The Bertz CT molecular complexity index is 1170. The molecule has 34 heavy (non-hydrogen) atoms. The van der Waals surface area contributed by atoms with Crippen LogP contribution in [0, 0.1) is 18.8 Å². The topological polar surface area (TPSA) is 95.6 Å². The number of fused-ring (bicyclic) bond motifs is 1. The van der Waals surface area contributed by atoms with Crippen molar-refractivity contribution in [1.82, 2.24) is 14.9 Å². The fourth-order valence-corrected chi connectivity index (χ4v) is 6.73. The lowest BCUT2D eigenvalue weighted by atomic mass is 10.0. The fourth-order valence-electron chi connectivity index (χ4n) is 5.09. The van der Waals surface area contributed by atoms with Gasteiger partial charge in [-0.3, -0.25) is 9.59 Å². The lowest BCUT2D eigenvalue weighted by Gasteiger charge is -2.20. The Balaban J connectivity index is 1.36. The van der Waals surface area contributed by atoms with E-state index in [1.807, 2.05) is 30.3 Å². The molecule has 4 rings (SSSR count). The average molecular weight is 482 g/mol. The monoisotopic (exact) mass is 481 g/mol. The van der Waals surface area contributed by atoms with Gasteiger partial charge in [0.1, 0.15) is 0 Å². The molecule has 7 nitrogen and oxygen atoms in total. The van der Waals surface area contributed by atoms with Crippen molar-refractivity contribution < 1.29 is 18.0 Å². The molecule has 8 heteroatoms. The molecule has 1 saturated heterocycles. The van der Waals surface area contributed by atoms with Crippen molar-refractivity contribution in [2.24, 2.45) is 11.8 Å². The van der Waals surface area contributed by atoms with Gasteiger partial charge in [0.15, 0.2) is 0 Å². The summed E-state index contributed by atoms with van der Waals surface area (Å²) in [7, 11) is -3.65. The predicted octanol–water partition coefficient (Wildman–Crippen LogP) is 2.67. The summed E-state index contributed by atoms with van der Waals surface area (Å²) in [6.07, 6.45) is 3.54. The number of sulfonamides is 1. The van der Waals surface area contributed by atoms with E-state index >= 15 is 0 Å². The fraction of sp³-hybridized carbons (Fsp3) is 0.385. The maximum Gasteiger partial charge on any atom is 0.251 e. The second-order valence-corrected chi connectivity index (χ2v) is 11.1. The molecule has 0 bridgehead atoms. The molecule has 2 aromatic rings. The normalized spacial score (nSPS) is 22.2. The molecule has 2 unspecified atom stereocenters.